The van der Waals surface area contributed by atoms with Gasteiger partial charge in [-0.1, -0.05) is 115 Å². The Morgan fingerprint density at radius 1 is 0.340 bits per heavy atom. The summed E-state index contributed by atoms with van der Waals surface area (Å²) in [4.78, 5) is 0. The molecule has 0 saturated carbocycles. The third-order valence-corrected chi connectivity index (χ3v) is 10.9. The van der Waals surface area contributed by atoms with Gasteiger partial charge in [-0.3, -0.25) is 0 Å². The largest absolute Gasteiger partial charge is 0.310 e. The predicted molar refractivity (Wildman–Crippen MR) is 214 cm³/mol. The minimum Gasteiger partial charge on any atom is -0.310 e. The number of rotatable bonds is 3. The Balaban J connectivity index is 1.12. The molecule has 10 aromatic rings. The number of para-hydroxylation sites is 2. The van der Waals surface area contributed by atoms with Gasteiger partial charge in [0.25, 0.3) is 0 Å². The van der Waals surface area contributed by atoms with Crippen LogP contribution < -0.4 is 0 Å². The summed E-state index contributed by atoms with van der Waals surface area (Å²) >= 11 is 0. The van der Waals surface area contributed by atoms with E-state index in [4.69, 9.17) is 0 Å². The molecule has 2 aromatic heterocycles. The first kappa shape index (κ1) is 27.6. The lowest BCUT2D eigenvalue weighted by atomic mass is 9.94. The molecule has 0 aliphatic heterocycles. The molecule has 234 valence electrons. The molecule has 50 heavy (non-hydrogen) atoms. The van der Waals surface area contributed by atoms with Gasteiger partial charge in [0.1, 0.15) is 0 Å². The fourth-order valence-electron chi connectivity index (χ4n) is 8.66. The number of allylic oxidation sites excluding steroid dienone is 4. The second kappa shape index (κ2) is 10.6. The molecule has 11 rings (SSSR count). The molecule has 8 aromatic carbocycles. The minimum atomic E-state index is 1.08. The molecule has 0 spiro atoms. The molecule has 0 amide bonds. The summed E-state index contributed by atoms with van der Waals surface area (Å²) in [5, 5.41) is 12.9. The van der Waals surface area contributed by atoms with Crippen molar-refractivity contribution >= 4 is 81.6 Å². The van der Waals surface area contributed by atoms with E-state index in [2.05, 4.69) is 179 Å². The standard InChI is InChI=1S/C48H32N2/c1-2-12-33(13-3-1)49-45-20-10-8-18-40(45)43-28-31(22-26-47(43)49)32-23-27-48-44(29-32)41-19-9-11-21-46(41)50(48)34-24-25-39-37-16-5-4-14-35(37)36-15-6-7-17-38(36)42(39)30-34/h2,4-30H,1,3H2. The maximum absolute atomic E-state index is 2.44. The van der Waals surface area contributed by atoms with Gasteiger partial charge < -0.3 is 9.13 Å². The average molecular weight is 637 g/mol. The number of aromatic nitrogens is 2. The molecule has 0 saturated heterocycles. The van der Waals surface area contributed by atoms with Crippen molar-refractivity contribution in [3.63, 3.8) is 0 Å². The highest BCUT2D eigenvalue weighted by Gasteiger charge is 2.17. The van der Waals surface area contributed by atoms with Crippen LogP contribution in [0, 0.1) is 0 Å². The first-order valence-electron chi connectivity index (χ1n) is 17.6. The summed E-state index contributed by atoms with van der Waals surface area (Å²) in [6, 6.07) is 56.3. The second-order valence-electron chi connectivity index (χ2n) is 13.6. The lowest BCUT2D eigenvalue weighted by Crippen LogP contribution is -1.96. The number of fused-ring (bicyclic) bond motifs is 12. The van der Waals surface area contributed by atoms with Gasteiger partial charge in [0.15, 0.2) is 0 Å². The van der Waals surface area contributed by atoms with Crippen LogP contribution in [0.3, 0.4) is 0 Å². The molecule has 2 nitrogen and oxygen atoms in total. The Morgan fingerprint density at radius 3 is 1.40 bits per heavy atom. The number of hydrogen-bond acceptors (Lipinski definition) is 0. The summed E-state index contributed by atoms with van der Waals surface area (Å²) in [7, 11) is 0. The molecule has 2 heterocycles. The zero-order valence-corrected chi connectivity index (χ0v) is 27.5. The van der Waals surface area contributed by atoms with Gasteiger partial charge in [-0.15, -0.1) is 0 Å². The molecular formula is C48H32N2. The molecule has 0 fully saturated rings. The molecule has 0 unspecified atom stereocenters. The van der Waals surface area contributed by atoms with Crippen molar-refractivity contribution in [1.82, 2.24) is 9.13 Å². The molecule has 0 radical (unpaired) electrons. The monoisotopic (exact) mass is 636 g/mol. The second-order valence-corrected chi connectivity index (χ2v) is 13.6. The molecule has 0 N–H and O–H groups in total. The van der Waals surface area contributed by atoms with Crippen molar-refractivity contribution in [3.05, 3.63) is 170 Å². The minimum absolute atomic E-state index is 1.08. The van der Waals surface area contributed by atoms with Gasteiger partial charge in [0.2, 0.25) is 0 Å². The normalized spacial score (nSPS) is 13.5. The van der Waals surface area contributed by atoms with Crippen LogP contribution in [-0.4, -0.2) is 9.13 Å². The quantitative estimate of drug-likeness (QED) is 0.171. The van der Waals surface area contributed by atoms with Crippen molar-refractivity contribution in [1.29, 1.82) is 0 Å². The van der Waals surface area contributed by atoms with Crippen LogP contribution in [0.5, 0.6) is 0 Å². The van der Waals surface area contributed by atoms with Gasteiger partial charge in [-0.25, -0.2) is 0 Å². The van der Waals surface area contributed by atoms with Crippen LogP contribution >= 0.6 is 0 Å². The number of benzene rings is 8. The zero-order chi connectivity index (χ0) is 32.8. The van der Waals surface area contributed by atoms with Crippen molar-refractivity contribution in [2.45, 2.75) is 12.8 Å². The summed E-state index contributed by atoms with van der Waals surface area (Å²) < 4.78 is 4.87. The Labute approximate surface area is 289 Å². The van der Waals surface area contributed by atoms with E-state index in [-0.39, 0.29) is 0 Å². The molecule has 0 atom stereocenters. The van der Waals surface area contributed by atoms with E-state index < -0.39 is 0 Å². The lowest BCUT2D eigenvalue weighted by Gasteiger charge is -2.14. The van der Waals surface area contributed by atoms with E-state index in [0.717, 1.165) is 12.8 Å². The molecule has 1 aliphatic carbocycles. The zero-order valence-electron chi connectivity index (χ0n) is 27.5. The Morgan fingerprint density at radius 2 is 0.820 bits per heavy atom. The van der Waals surface area contributed by atoms with Gasteiger partial charge in [0, 0.05) is 32.9 Å². The molecule has 2 heteroatoms. The van der Waals surface area contributed by atoms with E-state index >= 15 is 0 Å². The first-order valence-corrected chi connectivity index (χ1v) is 17.6. The third-order valence-electron chi connectivity index (χ3n) is 10.9. The topological polar surface area (TPSA) is 9.86 Å². The lowest BCUT2D eigenvalue weighted by molar-refractivity contribution is 1.02. The van der Waals surface area contributed by atoms with E-state index in [9.17, 15) is 0 Å². The highest BCUT2D eigenvalue weighted by molar-refractivity contribution is 6.25. The van der Waals surface area contributed by atoms with E-state index in [1.165, 1.54) is 98.4 Å². The summed E-state index contributed by atoms with van der Waals surface area (Å²) in [6.45, 7) is 0. The highest BCUT2D eigenvalue weighted by Crippen LogP contribution is 2.40. The summed E-state index contributed by atoms with van der Waals surface area (Å²) in [5.74, 6) is 0. The Kier molecular flexibility index (Phi) is 5.82. The SMILES string of the molecule is C1=CC(n2c3ccccc3c3cc(-c4ccc5c(c4)c4ccccc4n5-c4ccc5c6ccccc6c6ccccc6c5c4)ccc32)=CCC1. The van der Waals surface area contributed by atoms with Crippen LogP contribution in [0.1, 0.15) is 12.8 Å². The van der Waals surface area contributed by atoms with Gasteiger partial charge >= 0.3 is 0 Å². The average Bonchev–Trinajstić information content (AvgIpc) is 3.70. The predicted octanol–water partition coefficient (Wildman–Crippen LogP) is 13.2. The van der Waals surface area contributed by atoms with Gasteiger partial charge in [0.05, 0.1) is 22.1 Å². The Hall–Kier alpha value is -6.38. The maximum atomic E-state index is 2.44. The van der Waals surface area contributed by atoms with Gasteiger partial charge in [-0.2, -0.15) is 0 Å². The fraction of sp³-hybridized carbons (Fsp3) is 0.0417. The highest BCUT2D eigenvalue weighted by atomic mass is 15.0. The van der Waals surface area contributed by atoms with Crippen LogP contribution in [-0.2, 0) is 0 Å². The van der Waals surface area contributed by atoms with E-state index in [1.807, 2.05) is 0 Å². The van der Waals surface area contributed by atoms with E-state index in [0.29, 0.717) is 0 Å². The molecule has 0 bridgehead atoms. The van der Waals surface area contributed by atoms with Crippen LogP contribution in [0.2, 0.25) is 0 Å². The van der Waals surface area contributed by atoms with Crippen molar-refractivity contribution in [2.24, 2.45) is 0 Å². The van der Waals surface area contributed by atoms with Crippen molar-refractivity contribution in [3.8, 4) is 16.8 Å². The number of hydrogen-bond donors (Lipinski definition) is 0. The van der Waals surface area contributed by atoms with Gasteiger partial charge in [-0.05, 0) is 111 Å². The fourth-order valence-corrected chi connectivity index (χ4v) is 8.66. The first-order chi connectivity index (χ1) is 24.8. The van der Waals surface area contributed by atoms with Crippen molar-refractivity contribution < 1.29 is 0 Å². The summed E-state index contributed by atoms with van der Waals surface area (Å²) in [5.41, 5.74) is 9.85. The van der Waals surface area contributed by atoms with Crippen LogP contribution in [0.4, 0.5) is 0 Å². The summed E-state index contributed by atoms with van der Waals surface area (Å²) in [6.07, 6.45) is 9.12. The smallest absolute Gasteiger partial charge is 0.0541 e. The van der Waals surface area contributed by atoms with Crippen LogP contribution in [0.15, 0.2) is 170 Å². The molecule has 1 aliphatic rings. The van der Waals surface area contributed by atoms with E-state index in [1.54, 1.807) is 0 Å². The Bertz CT molecular complexity index is 3060. The third kappa shape index (κ3) is 3.90. The maximum Gasteiger partial charge on any atom is 0.0541 e. The van der Waals surface area contributed by atoms with Crippen molar-refractivity contribution in [2.75, 3.05) is 0 Å². The molecular weight excluding hydrogens is 605 g/mol. The number of nitrogens with zero attached hydrogens (tertiary/aromatic N) is 2. The van der Waals surface area contributed by atoms with Crippen LogP contribution in [0.25, 0.3) is 98.4 Å².